The molecular formula is C26H26BrNO2. The van der Waals surface area contributed by atoms with E-state index in [4.69, 9.17) is 4.98 Å². The second kappa shape index (κ2) is 7.99. The number of allylic oxidation sites excluding steroid dienone is 1. The number of carboxylic acids is 1. The Bertz CT molecular complexity index is 1160. The van der Waals surface area contributed by atoms with Crippen molar-refractivity contribution in [2.24, 2.45) is 11.3 Å². The minimum atomic E-state index is -0.874. The average Bonchev–Trinajstić information content (AvgIpc) is 2.71. The molecule has 1 aliphatic carbocycles. The van der Waals surface area contributed by atoms with Crippen molar-refractivity contribution in [1.29, 1.82) is 0 Å². The molecular weight excluding hydrogens is 438 g/mol. The molecule has 4 rings (SSSR count). The summed E-state index contributed by atoms with van der Waals surface area (Å²) >= 11 is 3.55. The number of pyridine rings is 1. The molecule has 3 aromatic rings. The predicted octanol–water partition coefficient (Wildman–Crippen LogP) is 7.23. The van der Waals surface area contributed by atoms with Crippen LogP contribution in [0.5, 0.6) is 0 Å². The van der Waals surface area contributed by atoms with E-state index in [-0.39, 0.29) is 5.41 Å². The van der Waals surface area contributed by atoms with Crippen LogP contribution in [-0.4, -0.2) is 16.1 Å². The second-order valence-electron chi connectivity index (χ2n) is 8.81. The third kappa shape index (κ3) is 3.81. The van der Waals surface area contributed by atoms with Gasteiger partial charge in [0.15, 0.2) is 0 Å². The van der Waals surface area contributed by atoms with Crippen LogP contribution in [0.3, 0.4) is 0 Å². The Morgan fingerprint density at radius 3 is 2.67 bits per heavy atom. The van der Waals surface area contributed by atoms with Crippen molar-refractivity contribution >= 4 is 44.5 Å². The molecule has 1 atom stereocenters. The van der Waals surface area contributed by atoms with Gasteiger partial charge in [-0.2, -0.15) is 0 Å². The highest BCUT2D eigenvalue weighted by Gasteiger charge is 2.36. The molecule has 0 amide bonds. The van der Waals surface area contributed by atoms with Crippen LogP contribution in [0, 0.1) is 11.3 Å². The molecule has 30 heavy (non-hydrogen) atoms. The van der Waals surface area contributed by atoms with Crippen LogP contribution in [0.4, 0.5) is 0 Å². The molecule has 1 heterocycles. The Hall–Kier alpha value is -2.46. The quantitative estimate of drug-likeness (QED) is 0.443. The number of hydrogen-bond acceptors (Lipinski definition) is 2. The van der Waals surface area contributed by atoms with Gasteiger partial charge in [0.2, 0.25) is 0 Å². The first kappa shape index (κ1) is 20.8. The lowest BCUT2D eigenvalue weighted by Crippen LogP contribution is -2.30. The van der Waals surface area contributed by atoms with Crippen molar-refractivity contribution in [3.8, 4) is 0 Å². The van der Waals surface area contributed by atoms with E-state index in [0.717, 1.165) is 57.0 Å². The monoisotopic (exact) mass is 463 g/mol. The summed E-state index contributed by atoms with van der Waals surface area (Å²) in [4.78, 5) is 17.3. The van der Waals surface area contributed by atoms with Gasteiger partial charge >= 0.3 is 5.97 Å². The van der Waals surface area contributed by atoms with Gasteiger partial charge in [-0.15, -0.1) is 0 Å². The number of aromatic nitrogens is 1. The molecule has 1 N–H and O–H groups in total. The van der Waals surface area contributed by atoms with E-state index in [1.807, 2.05) is 36.4 Å². The van der Waals surface area contributed by atoms with Crippen LogP contribution >= 0.6 is 15.9 Å². The molecule has 2 aromatic carbocycles. The SMILES string of the molecule is CCC(C)(C)C1CC(=Cc2cccc(Br)c2)c2nc3ccccc3c(C(=O)O)c2C1. The Kier molecular flexibility index (Phi) is 5.54. The summed E-state index contributed by atoms with van der Waals surface area (Å²) in [5.41, 5.74) is 5.18. The lowest BCUT2D eigenvalue weighted by molar-refractivity contribution is 0.0696. The van der Waals surface area contributed by atoms with E-state index in [0.29, 0.717) is 11.5 Å². The molecule has 0 saturated carbocycles. The van der Waals surface area contributed by atoms with Gasteiger partial charge in [0.25, 0.3) is 0 Å². The standard InChI is InChI=1S/C26H26BrNO2/c1-4-26(2,3)18-14-17(12-16-8-7-9-19(27)13-16)24-21(15-18)23(25(29)30)20-10-5-6-11-22(20)28-24/h5-13,18H,4,14-15H2,1-3H3,(H,29,30). The van der Waals surface area contributed by atoms with Gasteiger partial charge in [-0.3, -0.25) is 0 Å². The normalized spacial score (nSPS) is 17.9. The Morgan fingerprint density at radius 2 is 1.97 bits per heavy atom. The maximum atomic E-state index is 12.4. The number of carbonyl (C=O) groups is 1. The Labute approximate surface area is 186 Å². The molecule has 3 nitrogen and oxygen atoms in total. The molecule has 0 saturated heterocycles. The first-order valence-corrected chi connectivity index (χ1v) is 11.2. The van der Waals surface area contributed by atoms with E-state index in [1.165, 1.54) is 0 Å². The van der Waals surface area contributed by atoms with E-state index in [9.17, 15) is 9.90 Å². The average molecular weight is 464 g/mol. The number of nitrogens with zero attached hydrogens (tertiary/aromatic N) is 1. The number of aromatic carboxylic acids is 1. The van der Waals surface area contributed by atoms with Gasteiger partial charge in [0.05, 0.1) is 16.8 Å². The Morgan fingerprint density at radius 1 is 1.20 bits per heavy atom. The molecule has 0 aliphatic heterocycles. The van der Waals surface area contributed by atoms with Crippen LogP contribution in [0.25, 0.3) is 22.6 Å². The van der Waals surface area contributed by atoms with Crippen LogP contribution in [0.1, 0.15) is 60.8 Å². The van der Waals surface area contributed by atoms with E-state index < -0.39 is 5.97 Å². The first-order chi connectivity index (χ1) is 14.3. The minimum Gasteiger partial charge on any atom is -0.478 e. The van der Waals surface area contributed by atoms with Gasteiger partial charge in [-0.1, -0.05) is 73.5 Å². The highest BCUT2D eigenvalue weighted by Crippen LogP contribution is 2.46. The maximum absolute atomic E-state index is 12.4. The second-order valence-corrected chi connectivity index (χ2v) is 9.72. The number of benzene rings is 2. The van der Waals surface area contributed by atoms with Crippen molar-refractivity contribution in [1.82, 2.24) is 4.98 Å². The molecule has 0 bridgehead atoms. The number of rotatable bonds is 4. The Balaban J connectivity index is 2.00. The fraction of sp³-hybridized carbons (Fsp3) is 0.308. The highest BCUT2D eigenvalue weighted by atomic mass is 79.9. The predicted molar refractivity (Wildman–Crippen MR) is 127 cm³/mol. The number of fused-ring (bicyclic) bond motifs is 2. The third-order valence-corrected chi connectivity index (χ3v) is 7.13. The molecule has 1 unspecified atom stereocenters. The maximum Gasteiger partial charge on any atom is 0.336 e. The number of para-hydroxylation sites is 1. The van der Waals surface area contributed by atoms with Gasteiger partial charge < -0.3 is 5.11 Å². The summed E-state index contributed by atoms with van der Waals surface area (Å²) in [7, 11) is 0. The van der Waals surface area contributed by atoms with E-state index in [2.05, 4.69) is 54.9 Å². The summed E-state index contributed by atoms with van der Waals surface area (Å²) in [5.74, 6) is -0.518. The van der Waals surface area contributed by atoms with Crippen molar-refractivity contribution in [2.75, 3.05) is 0 Å². The van der Waals surface area contributed by atoms with Crippen LogP contribution in [0.2, 0.25) is 0 Å². The molecule has 0 radical (unpaired) electrons. The van der Waals surface area contributed by atoms with Crippen molar-refractivity contribution < 1.29 is 9.90 Å². The van der Waals surface area contributed by atoms with Crippen LogP contribution in [-0.2, 0) is 6.42 Å². The molecule has 0 spiro atoms. The first-order valence-electron chi connectivity index (χ1n) is 10.4. The van der Waals surface area contributed by atoms with Crippen LogP contribution in [0.15, 0.2) is 53.0 Å². The van der Waals surface area contributed by atoms with E-state index in [1.54, 1.807) is 0 Å². The fourth-order valence-electron chi connectivity index (χ4n) is 4.41. The summed E-state index contributed by atoms with van der Waals surface area (Å²) in [6.45, 7) is 6.78. The smallest absolute Gasteiger partial charge is 0.336 e. The zero-order chi connectivity index (χ0) is 21.5. The van der Waals surface area contributed by atoms with Crippen molar-refractivity contribution in [3.63, 3.8) is 0 Å². The molecule has 1 aliphatic rings. The van der Waals surface area contributed by atoms with Crippen molar-refractivity contribution in [2.45, 2.75) is 40.0 Å². The summed E-state index contributed by atoms with van der Waals surface area (Å²) in [5, 5.41) is 10.9. The third-order valence-electron chi connectivity index (χ3n) is 6.63. The van der Waals surface area contributed by atoms with Gasteiger partial charge in [0, 0.05) is 9.86 Å². The zero-order valence-corrected chi connectivity index (χ0v) is 19.2. The van der Waals surface area contributed by atoms with Crippen molar-refractivity contribution in [3.05, 3.63) is 75.4 Å². The van der Waals surface area contributed by atoms with E-state index >= 15 is 0 Å². The number of hydrogen-bond donors (Lipinski definition) is 1. The minimum absolute atomic E-state index is 0.107. The highest BCUT2D eigenvalue weighted by molar-refractivity contribution is 9.10. The van der Waals surface area contributed by atoms with Gasteiger partial charge in [-0.25, -0.2) is 9.78 Å². The van der Waals surface area contributed by atoms with Crippen LogP contribution < -0.4 is 0 Å². The number of halogens is 1. The fourth-order valence-corrected chi connectivity index (χ4v) is 4.82. The topological polar surface area (TPSA) is 50.2 Å². The summed E-state index contributed by atoms with van der Waals surface area (Å²) < 4.78 is 1.02. The van der Waals surface area contributed by atoms with Gasteiger partial charge in [0.1, 0.15) is 0 Å². The lowest BCUT2D eigenvalue weighted by atomic mass is 9.67. The number of carboxylic acid groups (broad SMARTS) is 1. The molecule has 154 valence electrons. The molecule has 1 aromatic heterocycles. The van der Waals surface area contributed by atoms with Gasteiger partial charge in [-0.05, 0) is 65.1 Å². The zero-order valence-electron chi connectivity index (χ0n) is 17.6. The molecule has 4 heteroatoms. The largest absolute Gasteiger partial charge is 0.478 e. The summed E-state index contributed by atoms with van der Waals surface area (Å²) in [6.07, 6.45) is 4.85. The lowest BCUT2D eigenvalue weighted by Gasteiger charge is -2.38. The summed E-state index contributed by atoms with van der Waals surface area (Å²) in [6, 6.07) is 15.8. The molecule has 0 fully saturated rings.